The van der Waals surface area contributed by atoms with Gasteiger partial charge in [0.2, 0.25) is 5.91 Å². The highest BCUT2D eigenvalue weighted by molar-refractivity contribution is 5.92. The first-order valence-electron chi connectivity index (χ1n) is 9.78. The van der Waals surface area contributed by atoms with Gasteiger partial charge in [0.15, 0.2) is 11.5 Å². The monoisotopic (exact) mass is 342 g/mol. The Hall–Kier alpha value is -1.75. The third kappa shape index (κ3) is 2.78. The second kappa shape index (κ2) is 5.90. The number of hydrogen-bond acceptors (Lipinski definition) is 4. The highest BCUT2D eigenvalue weighted by Gasteiger charge is 2.44. The predicted molar refractivity (Wildman–Crippen MR) is 94.9 cm³/mol. The first kappa shape index (κ1) is 15.5. The van der Waals surface area contributed by atoms with Crippen LogP contribution in [0.5, 0.6) is 11.5 Å². The maximum absolute atomic E-state index is 12.5. The van der Waals surface area contributed by atoms with Gasteiger partial charge in [0.1, 0.15) is 0 Å². The molecule has 5 heteroatoms. The van der Waals surface area contributed by atoms with Crippen molar-refractivity contribution < 1.29 is 14.3 Å². The molecule has 0 radical (unpaired) electrons. The molecule has 25 heavy (non-hydrogen) atoms. The summed E-state index contributed by atoms with van der Waals surface area (Å²) in [5.74, 6) is 1.19. The van der Waals surface area contributed by atoms with Crippen molar-refractivity contribution >= 4 is 11.6 Å². The van der Waals surface area contributed by atoms with Crippen LogP contribution in [0.4, 0.5) is 5.69 Å². The van der Waals surface area contributed by atoms with Crippen molar-refractivity contribution in [2.75, 3.05) is 11.9 Å². The fourth-order valence-electron chi connectivity index (χ4n) is 5.14. The summed E-state index contributed by atoms with van der Waals surface area (Å²) in [7, 11) is 0. The Morgan fingerprint density at radius 3 is 2.52 bits per heavy atom. The summed E-state index contributed by atoms with van der Waals surface area (Å²) in [5, 5.41) is 3.05. The maximum Gasteiger partial charge on any atom is 0.251 e. The Kier molecular flexibility index (Phi) is 3.66. The molecule has 1 aliphatic carbocycles. The van der Waals surface area contributed by atoms with E-state index >= 15 is 0 Å². The lowest BCUT2D eigenvalue weighted by molar-refractivity contribution is -0.118. The zero-order valence-corrected chi connectivity index (χ0v) is 14.6. The van der Waals surface area contributed by atoms with Crippen LogP contribution in [-0.2, 0) is 4.79 Å². The normalized spacial score (nSPS) is 29.3. The van der Waals surface area contributed by atoms with Crippen molar-refractivity contribution in [3.63, 3.8) is 0 Å². The van der Waals surface area contributed by atoms with Crippen molar-refractivity contribution in [2.24, 2.45) is 0 Å². The molecular weight excluding hydrogens is 316 g/mol. The Balaban J connectivity index is 1.24. The first-order valence-corrected chi connectivity index (χ1v) is 9.78. The van der Waals surface area contributed by atoms with Gasteiger partial charge in [-0.3, -0.25) is 9.69 Å². The fourth-order valence-corrected chi connectivity index (χ4v) is 5.14. The Bertz CT molecular complexity index is 668. The number of nitrogens with zero attached hydrogens (tertiary/aromatic N) is 1. The molecule has 1 N–H and O–H groups in total. The van der Waals surface area contributed by atoms with Crippen LogP contribution < -0.4 is 14.8 Å². The smallest absolute Gasteiger partial charge is 0.251 e. The highest BCUT2D eigenvalue weighted by Crippen LogP contribution is 2.47. The molecule has 5 rings (SSSR count). The molecule has 0 aromatic heterocycles. The van der Waals surface area contributed by atoms with E-state index in [0.29, 0.717) is 18.6 Å². The molecule has 2 unspecified atom stereocenters. The summed E-state index contributed by atoms with van der Waals surface area (Å²) in [4.78, 5) is 14.9. The topological polar surface area (TPSA) is 50.8 Å². The van der Waals surface area contributed by atoms with E-state index in [1.165, 1.54) is 32.1 Å². The quantitative estimate of drug-likeness (QED) is 0.910. The minimum Gasteiger partial charge on any atom is -0.448 e. The fraction of sp³-hybridized carbons (Fsp3) is 0.650. The number of hydrogen-bond donors (Lipinski definition) is 1. The molecule has 134 valence electrons. The molecule has 3 heterocycles. The molecule has 5 nitrogen and oxygen atoms in total. The van der Waals surface area contributed by atoms with E-state index in [-0.39, 0.29) is 5.91 Å². The maximum atomic E-state index is 12.5. The molecule has 1 saturated carbocycles. The van der Waals surface area contributed by atoms with Gasteiger partial charge in [0.25, 0.3) is 5.79 Å². The van der Waals surface area contributed by atoms with Gasteiger partial charge in [0, 0.05) is 36.7 Å². The second-order valence-corrected chi connectivity index (χ2v) is 8.02. The molecule has 3 fully saturated rings. The lowest BCUT2D eigenvalue weighted by Crippen LogP contribution is -2.44. The van der Waals surface area contributed by atoms with Crippen LogP contribution in [0, 0.1) is 0 Å². The average molecular weight is 342 g/mol. The number of rotatable bonds is 3. The number of anilines is 1. The predicted octanol–water partition coefficient (Wildman–Crippen LogP) is 3.68. The zero-order valence-electron chi connectivity index (χ0n) is 14.6. The van der Waals surface area contributed by atoms with Crippen LogP contribution in [0.25, 0.3) is 0 Å². The van der Waals surface area contributed by atoms with E-state index < -0.39 is 5.79 Å². The van der Waals surface area contributed by atoms with Gasteiger partial charge >= 0.3 is 0 Å². The number of carbonyl (C=O) groups is 1. The van der Waals surface area contributed by atoms with Gasteiger partial charge in [-0.25, -0.2) is 0 Å². The van der Waals surface area contributed by atoms with Gasteiger partial charge in [-0.05, 0) is 50.7 Å². The summed E-state index contributed by atoms with van der Waals surface area (Å²) < 4.78 is 12.1. The molecule has 3 aliphatic heterocycles. The third-order valence-corrected chi connectivity index (χ3v) is 6.36. The summed E-state index contributed by atoms with van der Waals surface area (Å²) in [6, 6.07) is 6.97. The third-order valence-electron chi connectivity index (χ3n) is 6.36. The summed E-state index contributed by atoms with van der Waals surface area (Å²) in [5.41, 5.74) is 0.798. The number of carbonyl (C=O) groups excluding carboxylic acids is 1. The van der Waals surface area contributed by atoms with Crippen LogP contribution >= 0.6 is 0 Å². The van der Waals surface area contributed by atoms with E-state index in [0.717, 1.165) is 42.9 Å². The molecule has 1 amide bonds. The molecule has 2 saturated heterocycles. The highest BCUT2D eigenvalue weighted by atomic mass is 16.7. The Morgan fingerprint density at radius 2 is 1.76 bits per heavy atom. The van der Waals surface area contributed by atoms with Crippen molar-refractivity contribution in [2.45, 2.75) is 75.7 Å². The van der Waals surface area contributed by atoms with E-state index in [1.54, 1.807) is 0 Å². The lowest BCUT2D eigenvalue weighted by Gasteiger charge is -2.33. The molecule has 2 bridgehead atoms. The van der Waals surface area contributed by atoms with Crippen molar-refractivity contribution in [1.82, 2.24) is 4.90 Å². The number of ether oxygens (including phenoxy) is 2. The van der Waals surface area contributed by atoms with Crippen molar-refractivity contribution in [3.8, 4) is 11.5 Å². The number of amides is 1. The van der Waals surface area contributed by atoms with E-state index in [4.69, 9.17) is 9.47 Å². The average Bonchev–Trinajstić information content (AvgIpc) is 3.24. The van der Waals surface area contributed by atoms with Crippen LogP contribution in [0.1, 0.15) is 57.8 Å². The first-order chi connectivity index (χ1) is 12.2. The largest absolute Gasteiger partial charge is 0.448 e. The van der Waals surface area contributed by atoms with Crippen molar-refractivity contribution in [1.29, 1.82) is 0 Å². The Morgan fingerprint density at radius 1 is 1.04 bits per heavy atom. The van der Waals surface area contributed by atoms with Gasteiger partial charge in [-0.1, -0.05) is 6.42 Å². The van der Waals surface area contributed by atoms with Gasteiger partial charge < -0.3 is 14.8 Å². The summed E-state index contributed by atoms with van der Waals surface area (Å²) in [6.07, 6.45) is 10.5. The number of benzene rings is 1. The Labute approximate surface area is 148 Å². The van der Waals surface area contributed by atoms with Gasteiger partial charge in [-0.15, -0.1) is 0 Å². The summed E-state index contributed by atoms with van der Waals surface area (Å²) in [6.45, 7) is 0.508. The molecule has 1 spiro atoms. The molecule has 1 aromatic carbocycles. The minimum atomic E-state index is -0.446. The van der Waals surface area contributed by atoms with E-state index in [1.807, 2.05) is 18.2 Å². The number of piperidine rings is 1. The zero-order chi connectivity index (χ0) is 16.9. The van der Waals surface area contributed by atoms with Crippen LogP contribution in [0.3, 0.4) is 0 Å². The second-order valence-electron chi connectivity index (χ2n) is 8.02. The van der Waals surface area contributed by atoms with Crippen LogP contribution in [0.2, 0.25) is 0 Å². The molecule has 1 aromatic rings. The van der Waals surface area contributed by atoms with E-state index in [2.05, 4.69) is 10.2 Å². The standard InChI is InChI=1S/C20H26N2O3/c23-19(13-22-15-4-3-5-16(22)8-7-15)21-14-6-9-17-18(12-14)25-20(24-17)10-1-2-11-20/h6,9,12,15-16H,1-5,7-8,10-11,13H2,(H,21,23). The van der Waals surface area contributed by atoms with E-state index in [9.17, 15) is 4.79 Å². The molecular formula is C20H26N2O3. The number of fused-ring (bicyclic) bond motifs is 3. The van der Waals surface area contributed by atoms with Gasteiger partial charge in [0.05, 0.1) is 6.54 Å². The minimum absolute atomic E-state index is 0.0771. The van der Waals surface area contributed by atoms with Crippen LogP contribution in [0.15, 0.2) is 18.2 Å². The molecule has 4 aliphatic rings. The van der Waals surface area contributed by atoms with Gasteiger partial charge in [-0.2, -0.15) is 0 Å². The summed E-state index contributed by atoms with van der Waals surface area (Å²) >= 11 is 0. The molecule has 2 atom stereocenters. The van der Waals surface area contributed by atoms with Crippen LogP contribution in [-0.4, -0.2) is 35.2 Å². The SMILES string of the molecule is O=C(CN1C2CCCC1CC2)Nc1ccc2c(c1)OC1(CCCC1)O2. The number of nitrogens with one attached hydrogen (secondary N) is 1. The lowest BCUT2D eigenvalue weighted by atomic mass is 10.0. The van der Waals surface area contributed by atoms with Crippen molar-refractivity contribution in [3.05, 3.63) is 18.2 Å².